The van der Waals surface area contributed by atoms with E-state index in [4.69, 9.17) is 4.74 Å². The lowest BCUT2D eigenvalue weighted by Gasteiger charge is -2.27. The summed E-state index contributed by atoms with van der Waals surface area (Å²) < 4.78 is 5.58. The van der Waals surface area contributed by atoms with Crippen molar-refractivity contribution in [1.29, 1.82) is 0 Å². The molecular weight excluding hydrogens is 224 g/mol. The Bertz CT molecular complexity index is 359. The van der Waals surface area contributed by atoms with Gasteiger partial charge >= 0.3 is 0 Å². The minimum absolute atomic E-state index is 0.463. The van der Waals surface area contributed by atoms with Crippen LogP contribution in [0.5, 0.6) is 5.75 Å². The van der Waals surface area contributed by atoms with Crippen LogP contribution in [-0.2, 0) is 0 Å². The first-order valence-electron chi connectivity index (χ1n) is 6.99. The maximum absolute atomic E-state index is 5.58. The fourth-order valence-electron chi connectivity index (χ4n) is 2.50. The minimum atomic E-state index is 0.463. The lowest BCUT2D eigenvalue weighted by molar-refractivity contribution is 0.224. The van der Waals surface area contributed by atoms with Crippen LogP contribution in [0.3, 0.4) is 0 Å². The van der Waals surface area contributed by atoms with Crippen LogP contribution in [0.1, 0.15) is 31.9 Å². The quantitative estimate of drug-likeness (QED) is 0.885. The standard InChI is InChI=1S/C15H24N2O/c1-3-18-15-7-4-6-14(12-15)13(2)17-10-5-8-16-9-11-17/h4,6-7,12-13,16H,3,5,8-11H2,1-2H3. The van der Waals surface area contributed by atoms with Crippen LogP contribution >= 0.6 is 0 Å². The van der Waals surface area contributed by atoms with Gasteiger partial charge in [-0.25, -0.2) is 0 Å². The summed E-state index contributed by atoms with van der Waals surface area (Å²) >= 11 is 0. The molecule has 1 unspecified atom stereocenters. The highest BCUT2D eigenvalue weighted by atomic mass is 16.5. The second-order valence-electron chi connectivity index (χ2n) is 4.82. The van der Waals surface area contributed by atoms with Crippen molar-refractivity contribution >= 4 is 0 Å². The highest BCUT2D eigenvalue weighted by molar-refractivity contribution is 5.30. The molecule has 1 heterocycles. The molecule has 1 fully saturated rings. The third-order valence-corrected chi connectivity index (χ3v) is 3.57. The highest BCUT2D eigenvalue weighted by Gasteiger charge is 2.17. The molecule has 0 aromatic heterocycles. The van der Waals surface area contributed by atoms with Gasteiger partial charge in [0.15, 0.2) is 0 Å². The van der Waals surface area contributed by atoms with Gasteiger partial charge in [-0.2, -0.15) is 0 Å². The van der Waals surface area contributed by atoms with Crippen LogP contribution in [0.15, 0.2) is 24.3 Å². The van der Waals surface area contributed by atoms with Gasteiger partial charge in [-0.1, -0.05) is 12.1 Å². The summed E-state index contributed by atoms with van der Waals surface area (Å²) in [5.41, 5.74) is 1.35. The fraction of sp³-hybridized carbons (Fsp3) is 0.600. The summed E-state index contributed by atoms with van der Waals surface area (Å²) in [5, 5.41) is 3.45. The van der Waals surface area contributed by atoms with Crippen LogP contribution in [0.2, 0.25) is 0 Å². The number of nitrogens with one attached hydrogen (secondary N) is 1. The number of rotatable bonds is 4. The number of hydrogen-bond donors (Lipinski definition) is 1. The molecule has 100 valence electrons. The van der Waals surface area contributed by atoms with E-state index in [0.29, 0.717) is 6.04 Å². The second-order valence-corrected chi connectivity index (χ2v) is 4.82. The average Bonchev–Trinajstić information content (AvgIpc) is 2.67. The zero-order chi connectivity index (χ0) is 12.8. The molecule has 1 aliphatic rings. The van der Waals surface area contributed by atoms with Crippen LogP contribution in [0.4, 0.5) is 0 Å². The molecule has 0 bridgehead atoms. The Hall–Kier alpha value is -1.06. The van der Waals surface area contributed by atoms with Gasteiger partial charge in [0, 0.05) is 19.1 Å². The molecule has 1 N–H and O–H groups in total. The summed E-state index contributed by atoms with van der Waals surface area (Å²) in [6.07, 6.45) is 1.23. The second kappa shape index (κ2) is 6.76. The zero-order valence-electron chi connectivity index (χ0n) is 11.5. The molecule has 2 rings (SSSR count). The fourth-order valence-corrected chi connectivity index (χ4v) is 2.50. The first-order chi connectivity index (χ1) is 8.81. The number of ether oxygens (including phenoxy) is 1. The maximum Gasteiger partial charge on any atom is 0.119 e. The van der Waals surface area contributed by atoms with Gasteiger partial charge in [-0.3, -0.25) is 4.90 Å². The number of hydrogen-bond acceptors (Lipinski definition) is 3. The third-order valence-electron chi connectivity index (χ3n) is 3.57. The molecule has 1 aromatic rings. The smallest absolute Gasteiger partial charge is 0.119 e. The maximum atomic E-state index is 5.58. The van der Waals surface area contributed by atoms with E-state index in [9.17, 15) is 0 Å². The summed E-state index contributed by atoms with van der Waals surface area (Å²) in [5.74, 6) is 0.981. The lowest BCUT2D eigenvalue weighted by Crippen LogP contribution is -2.30. The van der Waals surface area contributed by atoms with Gasteiger partial charge in [0.2, 0.25) is 0 Å². The van der Waals surface area contributed by atoms with E-state index in [2.05, 4.69) is 35.3 Å². The van der Waals surface area contributed by atoms with Gasteiger partial charge < -0.3 is 10.1 Å². The van der Waals surface area contributed by atoms with Crippen molar-refractivity contribution in [2.24, 2.45) is 0 Å². The first kappa shape index (κ1) is 13.4. The molecule has 1 saturated heterocycles. The Kier molecular flexibility index (Phi) is 5.02. The Morgan fingerprint density at radius 2 is 2.22 bits per heavy atom. The van der Waals surface area contributed by atoms with Gasteiger partial charge in [-0.05, 0) is 51.1 Å². The van der Waals surface area contributed by atoms with E-state index in [1.807, 2.05) is 13.0 Å². The van der Waals surface area contributed by atoms with Crippen molar-refractivity contribution in [3.05, 3.63) is 29.8 Å². The van der Waals surface area contributed by atoms with E-state index in [1.165, 1.54) is 18.5 Å². The van der Waals surface area contributed by atoms with E-state index in [-0.39, 0.29) is 0 Å². The van der Waals surface area contributed by atoms with Crippen molar-refractivity contribution in [3.8, 4) is 5.75 Å². The summed E-state index contributed by atoms with van der Waals surface area (Å²) in [4.78, 5) is 2.55. The monoisotopic (exact) mass is 248 g/mol. The van der Waals surface area contributed by atoms with Crippen LogP contribution in [0, 0.1) is 0 Å². The minimum Gasteiger partial charge on any atom is -0.494 e. The molecule has 3 heteroatoms. The number of benzene rings is 1. The molecule has 3 nitrogen and oxygen atoms in total. The molecule has 0 amide bonds. The normalized spacial score (nSPS) is 19.2. The lowest BCUT2D eigenvalue weighted by atomic mass is 10.1. The van der Waals surface area contributed by atoms with Crippen molar-refractivity contribution in [2.75, 3.05) is 32.8 Å². The summed E-state index contributed by atoms with van der Waals surface area (Å²) in [7, 11) is 0. The first-order valence-corrected chi connectivity index (χ1v) is 6.99. The molecule has 0 aliphatic carbocycles. The summed E-state index contributed by atoms with van der Waals surface area (Å²) in [6.45, 7) is 9.57. The molecule has 0 spiro atoms. The van der Waals surface area contributed by atoms with Crippen LogP contribution in [-0.4, -0.2) is 37.7 Å². The van der Waals surface area contributed by atoms with Crippen LogP contribution < -0.4 is 10.1 Å². The highest BCUT2D eigenvalue weighted by Crippen LogP contribution is 2.24. The molecule has 18 heavy (non-hydrogen) atoms. The van der Waals surface area contributed by atoms with Gasteiger partial charge in [0.05, 0.1) is 6.61 Å². The topological polar surface area (TPSA) is 24.5 Å². The average molecular weight is 248 g/mol. The molecule has 1 aliphatic heterocycles. The van der Waals surface area contributed by atoms with Crippen molar-refractivity contribution in [3.63, 3.8) is 0 Å². The van der Waals surface area contributed by atoms with Gasteiger partial charge in [0.25, 0.3) is 0 Å². The largest absolute Gasteiger partial charge is 0.494 e. The zero-order valence-corrected chi connectivity index (χ0v) is 11.5. The Labute approximate surface area is 110 Å². The molecular formula is C15H24N2O. The van der Waals surface area contributed by atoms with E-state index >= 15 is 0 Å². The Morgan fingerprint density at radius 3 is 3.06 bits per heavy atom. The predicted molar refractivity (Wildman–Crippen MR) is 75.1 cm³/mol. The molecule has 1 atom stereocenters. The predicted octanol–water partition coefficient (Wildman–Crippen LogP) is 2.44. The van der Waals surface area contributed by atoms with Crippen molar-refractivity contribution < 1.29 is 4.74 Å². The third kappa shape index (κ3) is 3.47. The van der Waals surface area contributed by atoms with E-state index in [0.717, 1.165) is 32.0 Å². The SMILES string of the molecule is CCOc1cccc(C(C)N2CCCNCC2)c1. The van der Waals surface area contributed by atoms with E-state index < -0.39 is 0 Å². The van der Waals surface area contributed by atoms with E-state index in [1.54, 1.807) is 0 Å². The summed E-state index contributed by atoms with van der Waals surface area (Å²) in [6, 6.07) is 8.96. The molecule has 0 radical (unpaired) electrons. The van der Waals surface area contributed by atoms with Gasteiger partial charge in [-0.15, -0.1) is 0 Å². The Balaban J connectivity index is 2.06. The number of nitrogens with zero attached hydrogens (tertiary/aromatic N) is 1. The van der Waals surface area contributed by atoms with Crippen LogP contribution in [0.25, 0.3) is 0 Å². The molecule has 1 aromatic carbocycles. The van der Waals surface area contributed by atoms with Crippen molar-refractivity contribution in [1.82, 2.24) is 10.2 Å². The Morgan fingerprint density at radius 1 is 1.33 bits per heavy atom. The van der Waals surface area contributed by atoms with Crippen molar-refractivity contribution in [2.45, 2.75) is 26.3 Å². The molecule has 0 saturated carbocycles. The van der Waals surface area contributed by atoms with Gasteiger partial charge in [0.1, 0.15) is 5.75 Å².